The van der Waals surface area contributed by atoms with Crippen LogP contribution >= 0.6 is 0 Å². The first-order valence-corrected chi connectivity index (χ1v) is 13.0. The fraction of sp³-hybridized carbons (Fsp3) is 0.107. The quantitative estimate of drug-likeness (QED) is 0.207. The number of nitro groups is 1. The zero-order chi connectivity index (χ0) is 25.4. The van der Waals surface area contributed by atoms with E-state index in [-0.39, 0.29) is 16.4 Å². The lowest BCUT2D eigenvalue weighted by Gasteiger charge is -2.10. The van der Waals surface area contributed by atoms with E-state index in [4.69, 9.17) is 0 Å². The van der Waals surface area contributed by atoms with Crippen LogP contribution in [0.3, 0.4) is 0 Å². The minimum atomic E-state index is -3.85. The number of sulfone groups is 1. The van der Waals surface area contributed by atoms with Gasteiger partial charge in [-0.15, -0.1) is 0 Å². The van der Waals surface area contributed by atoms with Crippen LogP contribution in [-0.2, 0) is 15.6 Å². The molecule has 0 N–H and O–H groups in total. The number of benzene rings is 3. The molecule has 0 bridgehead atoms. The van der Waals surface area contributed by atoms with Gasteiger partial charge in [0.15, 0.2) is 15.5 Å². The molecule has 8 heteroatoms. The summed E-state index contributed by atoms with van der Waals surface area (Å²) in [6.45, 7) is 3.94. The molecular weight excluding hydrogens is 474 g/mol. The van der Waals surface area contributed by atoms with Crippen LogP contribution < -0.4 is 0 Å². The number of rotatable bonds is 6. The number of fused-ring (bicyclic) bond motifs is 1. The number of aryl methyl sites for hydroxylation is 2. The minimum Gasteiger partial charge on any atom is -0.358 e. The average Bonchev–Trinajstić information content (AvgIpc) is 3.22. The van der Waals surface area contributed by atoms with E-state index in [0.29, 0.717) is 11.2 Å². The lowest BCUT2D eigenvalue weighted by Crippen LogP contribution is -2.07. The van der Waals surface area contributed by atoms with Crippen LogP contribution in [0, 0.1) is 24.0 Å². The Morgan fingerprint density at radius 2 is 1.42 bits per heavy atom. The van der Waals surface area contributed by atoms with Gasteiger partial charge < -0.3 is 10.1 Å². The van der Waals surface area contributed by atoms with Gasteiger partial charge in [-0.3, -0.25) is 0 Å². The molecule has 5 aromatic rings. The van der Waals surface area contributed by atoms with Crippen LogP contribution in [0.1, 0.15) is 16.8 Å². The van der Waals surface area contributed by atoms with E-state index in [1.165, 1.54) is 16.5 Å². The number of nitrogens with zero attached hydrogens (tertiary/aromatic N) is 3. The SMILES string of the molecule is Cc1ccccc1-c1cc(-c2ccccc2C)c2nc(CS(=O)(=O)c3ccccc3)c([N+](=O)[O-])n2c1. The molecule has 7 nitrogen and oxygen atoms in total. The van der Waals surface area contributed by atoms with Crippen molar-refractivity contribution >= 4 is 21.3 Å². The molecule has 0 unspecified atom stereocenters. The first-order valence-electron chi connectivity index (χ1n) is 11.4. The van der Waals surface area contributed by atoms with Gasteiger partial charge in [-0.2, -0.15) is 4.40 Å². The first kappa shape index (κ1) is 23.4. The van der Waals surface area contributed by atoms with E-state index in [0.717, 1.165) is 27.8 Å². The summed E-state index contributed by atoms with van der Waals surface area (Å²) in [4.78, 5) is 16.4. The van der Waals surface area contributed by atoms with Crippen molar-refractivity contribution in [2.24, 2.45) is 0 Å². The summed E-state index contributed by atoms with van der Waals surface area (Å²) in [6, 6.07) is 25.4. The topological polar surface area (TPSA) is 94.6 Å². The second kappa shape index (κ2) is 9.05. The fourth-order valence-corrected chi connectivity index (χ4v) is 5.77. The molecule has 0 radical (unpaired) electrons. The molecule has 0 aliphatic carbocycles. The Labute approximate surface area is 208 Å². The average molecular weight is 498 g/mol. The molecule has 36 heavy (non-hydrogen) atoms. The van der Waals surface area contributed by atoms with Gasteiger partial charge in [0.1, 0.15) is 11.9 Å². The molecule has 0 atom stereocenters. The smallest absolute Gasteiger partial charge is 0.352 e. The predicted octanol–water partition coefficient (Wildman–Crippen LogP) is 6.17. The maximum Gasteiger partial charge on any atom is 0.352 e. The summed E-state index contributed by atoms with van der Waals surface area (Å²) in [5.74, 6) is -0.933. The second-order valence-electron chi connectivity index (χ2n) is 8.68. The van der Waals surface area contributed by atoms with Gasteiger partial charge in [-0.05, 0) is 59.2 Å². The Morgan fingerprint density at radius 3 is 2.03 bits per heavy atom. The third kappa shape index (κ3) is 4.16. The number of imidazole rings is 1. The zero-order valence-electron chi connectivity index (χ0n) is 19.8. The highest BCUT2D eigenvalue weighted by Gasteiger charge is 2.30. The molecule has 180 valence electrons. The molecule has 0 spiro atoms. The molecule has 2 aromatic heterocycles. The number of hydrogen-bond acceptors (Lipinski definition) is 5. The van der Waals surface area contributed by atoms with E-state index in [1.807, 2.05) is 68.4 Å². The summed E-state index contributed by atoms with van der Waals surface area (Å²) >= 11 is 0. The van der Waals surface area contributed by atoms with E-state index < -0.39 is 20.5 Å². The molecule has 5 rings (SSSR count). The van der Waals surface area contributed by atoms with Crippen molar-refractivity contribution in [3.05, 3.63) is 118 Å². The molecule has 0 fully saturated rings. The van der Waals surface area contributed by atoms with E-state index in [9.17, 15) is 18.5 Å². The van der Waals surface area contributed by atoms with Gasteiger partial charge in [0, 0.05) is 5.56 Å². The summed E-state index contributed by atoms with van der Waals surface area (Å²) in [5.41, 5.74) is 5.50. The van der Waals surface area contributed by atoms with Gasteiger partial charge in [0.25, 0.3) is 0 Å². The van der Waals surface area contributed by atoms with Gasteiger partial charge >= 0.3 is 5.82 Å². The monoisotopic (exact) mass is 497 g/mol. The summed E-state index contributed by atoms with van der Waals surface area (Å²) < 4.78 is 27.7. The highest BCUT2D eigenvalue weighted by molar-refractivity contribution is 7.90. The van der Waals surface area contributed by atoms with E-state index >= 15 is 0 Å². The first-order chi connectivity index (χ1) is 17.3. The van der Waals surface area contributed by atoms with Crippen molar-refractivity contribution < 1.29 is 13.3 Å². The zero-order valence-corrected chi connectivity index (χ0v) is 20.6. The van der Waals surface area contributed by atoms with Crippen LogP contribution in [0.4, 0.5) is 5.82 Å². The fourth-order valence-electron chi connectivity index (χ4n) is 4.48. The maximum absolute atomic E-state index is 13.1. The number of aromatic nitrogens is 2. The predicted molar refractivity (Wildman–Crippen MR) is 140 cm³/mol. The summed E-state index contributed by atoms with van der Waals surface area (Å²) in [7, 11) is -3.85. The van der Waals surface area contributed by atoms with Crippen molar-refractivity contribution in [3.63, 3.8) is 0 Å². The number of pyridine rings is 1. The van der Waals surface area contributed by atoms with Gasteiger partial charge in [-0.1, -0.05) is 66.7 Å². The largest absolute Gasteiger partial charge is 0.358 e. The molecule has 0 saturated carbocycles. The standard InChI is InChI=1S/C28H23N3O4S/c1-19-10-6-8-14-23(19)21-16-25(24-15-9-7-11-20(24)2)27-29-26(28(31(32)33)30(27)17-21)18-36(34,35)22-12-4-3-5-13-22/h3-17H,18H2,1-2H3. The van der Waals surface area contributed by atoms with Crippen LogP contribution in [0.5, 0.6) is 0 Å². The second-order valence-corrected chi connectivity index (χ2v) is 10.7. The molecule has 0 aliphatic rings. The molecular formula is C28H23N3O4S. The molecule has 0 amide bonds. The van der Waals surface area contributed by atoms with Crippen LogP contribution in [0.15, 0.2) is 96.0 Å². The molecule has 0 aliphatic heterocycles. The molecule has 3 aromatic carbocycles. The Morgan fingerprint density at radius 1 is 0.833 bits per heavy atom. The Bertz CT molecular complexity index is 1730. The van der Waals surface area contributed by atoms with Crippen LogP contribution in [0.25, 0.3) is 27.9 Å². The molecule has 0 saturated heterocycles. The van der Waals surface area contributed by atoms with Crippen molar-refractivity contribution in [2.75, 3.05) is 0 Å². The van der Waals surface area contributed by atoms with Crippen molar-refractivity contribution in [1.29, 1.82) is 0 Å². The Hall–Kier alpha value is -4.30. The van der Waals surface area contributed by atoms with Crippen molar-refractivity contribution in [2.45, 2.75) is 24.5 Å². The lowest BCUT2D eigenvalue weighted by molar-refractivity contribution is -0.391. The Balaban J connectivity index is 1.81. The molecule has 2 heterocycles. The van der Waals surface area contributed by atoms with Crippen LogP contribution in [-0.4, -0.2) is 22.7 Å². The summed E-state index contributed by atoms with van der Waals surface area (Å²) in [5, 5.41) is 12.3. The maximum atomic E-state index is 13.1. The van der Waals surface area contributed by atoms with E-state index in [2.05, 4.69) is 4.98 Å². The normalized spacial score (nSPS) is 11.6. The Kier molecular flexibility index (Phi) is 5.89. The van der Waals surface area contributed by atoms with Gasteiger partial charge in [0.05, 0.1) is 10.5 Å². The third-order valence-electron chi connectivity index (χ3n) is 6.26. The number of hydrogen-bond donors (Lipinski definition) is 0. The summed E-state index contributed by atoms with van der Waals surface area (Å²) in [6.07, 6.45) is 1.67. The highest BCUT2D eigenvalue weighted by Crippen LogP contribution is 2.36. The van der Waals surface area contributed by atoms with E-state index in [1.54, 1.807) is 24.4 Å². The van der Waals surface area contributed by atoms with Crippen LogP contribution in [0.2, 0.25) is 0 Å². The highest BCUT2D eigenvalue weighted by atomic mass is 32.2. The lowest BCUT2D eigenvalue weighted by atomic mass is 9.96. The van der Waals surface area contributed by atoms with Crippen molar-refractivity contribution in [3.8, 4) is 22.3 Å². The van der Waals surface area contributed by atoms with Crippen molar-refractivity contribution in [1.82, 2.24) is 9.38 Å². The van der Waals surface area contributed by atoms with Gasteiger partial charge in [-0.25, -0.2) is 13.4 Å². The van der Waals surface area contributed by atoms with Gasteiger partial charge in [0.2, 0.25) is 5.65 Å². The minimum absolute atomic E-state index is 0.0936. The third-order valence-corrected chi connectivity index (χ3v) is 7.90.